The molecule has 0 heterocycles. The van der Waals surface area contributed by atoms with Gasteiger partial charge in [0.15, 0.2) is 0 Å². The largest absolute Gasteiger partial charge is 0.205 e. The summed E-state index contributed by atoms with van der Waals surface area (Å²) < 4.78 is 15.1. The van der Waals surface area contributed by atoms with Gasteiger partial charge in [0.25, 0.3) is 0 Å². The molecule has 0 aliphatic heterocycles. The van der Waals surface area contributed by atoms with Crippen LogP contribution in [0, 0.1) is 17.7 Å². The van der Waals surface area contributed by atoms with Crippen LogP contribution in [0.3, 0.4) is 0 Å². The van der Waals surface area contributed by atoms with Crippen molar-refractivity contribution in [1.82, 2.24) is 0 Å². The molecule has 0 saturated heterocycles. The summed E-state index contributed by atoms with van der Waals surface area (Å²) >= 11 is 0. The summed E-state index contributed by atoms with van der Waals surface area (Å²) in [7, 11) is 0. The lowest BCUT2D eigenvalue weighted by Crippen LogP contribution is -1.93. The van der Waals surface area contributed by atoms with Crippen molar-refractivity contribution >= 4 is 10.8 Å². The van der Waals surface area contributed by atoms with Gasteiger partial charge in [-0.25, -0.2) is 4.39 Å². The average molecular weight is 421 g/mol. The van der Waals surface area contributed by atoms with E-state index in [1.165, 1.54) is 22.3 Å². The maximum Gasteiger partial charge on any atom is 0.146 e. The summed E-state index contributed by atoms with van der Waals surface area (Å²) in [5, 5.41) is 1.56. The van der Waals surface area contributed by atoms with Gasteiger partial charge in [-0.3, -0.25) is 0 Å². The summed E-state index contributed by atoms with van der Waals surface area (Å²) in [5.41, 5.74) is 6.58. The van der Waals surface area contributed by atoms with E-state index in [0.717, 1.165) is 43.1 Å². The van der Waals surface area contributed by atoms with E-state index in [9.17, 15) is 0 Å². The van der Waals surface area contributed by atoms with Crippen molar-refractivity contribution in [2.75, 3.05) is 0 Å². The van der Waals surface area contributed by atoms with Crippen LogP contribution in [0.2, 0.25) is 0 Å². The van der Waals surface area contributed by atoms with Gasteiger partial charge < -0.3 is 0 Å². The molecule has 0 spiro atoms. The van der Waals surface area contributed by atoms with Crippen LogP contribution in [0.5, 0.6) is 0 Å². The highest BCUT2D eigenvalue weighted by molar-refractivity contribution is 5.85. The molecule has 32 heavy (non-hydrogen) atoms. The molecule has 160 valence electrons. The molecule has 4 aromatic carbocycles. The normalized spacial score (nSPS) is 10.7. The molecule has 0 radical (unpaired) electrons. The Morgan fingerprint density at radius 3 is 1.97 bits per heavy atom. The molecule has 0 aliphatic rings. The van der Waals surface area contributed by atoms with E-state index >= 15 is 4.39 Å². The van der Waals surface area contributed by atoms with Gasteiger partial charge in [-0.1, -0.05) is 92.8 Å². The van der Waals surface area contributed by atoms with Gasteiger partial charge in [-0.05, 0) is 71.5 Å². The van der Waals surface area contributed by atoms with Crippen LogP contribution in [0.4, 0.5) is 4.39 Å². The maximum absolute atomic E-state index is 15.1. The zero-order valence-electron chi connectivity index (χ0n) is 18.9. The Labute approximate surface area is 191 Å². The van der Waals surface area contributed by atoms with E-state index < -0.39 is 0 Å². The molecule has 1 heteroatoms. The molecule has 0 fully saturated rings. The minimum atomic E-state index is -0.237. The van der Waals surface area contributed by atoms with Gasteiger partial charge in [0.05, 0.1) is 5.56 Å². The standard InChI is InChI=1S/C31H29F/c1-3-5-24-10-12-26(13-11-24)16-18-28-19-20-29-22-27(17-21-30(29)31(28)32)15-14-25-8-6-23(4-2)7-9-25/h6-13,17,19-22H,3-5,14-15H2,1-2H3. The van der Waals surface area contributed by atoms with Gasteiger partial charge >= 0.3 is 0 Å². The van der Waals surface area contributed by atoms with Crippen molar-refractivity contribution in [3.63, 3.8) is 0 Å². The fourth-order valence-electron chi connectivity index (χ4n) is 4.01. The first kappa shape index (κ1) is 21.8. The van der Waals surface area contributed by atoms with Crippen LogP contribution in [-0.2, 0) is 25.7 Å². The van der Waals surface area contributed by atoms with E-state index in [1.807, 2.05) is 30.3 Å². The number of rotatable bonds is 6. The molecule has 0 aromatic heterocycles. The molecule has 0 amide bonds. The Bertz CT molecular complexity index is 1250. The quantitative estimate of drug-likeness (QED) is 0.281. The van der Waals surface area contributed by atoms with Crippen molar-refractivity contribution in [2.24, 2.45) is 0 Å². The third-order valence-electron chi connectivity index (χ3n) is 5.99. The first-order chi connectivity index (χ1) is 15.7. The first-order valence-electron chi connectivity index (χ1n) is 11.6. The highest BCUT2D eigenvalue weighted by Crippen LogP contribution is 2.23. The minimum Gasteiger partial charge on any atom is -0.205 e. The molecule has 0 nitrogen and oxygen atoms in total. The zero-order valence-corrected chi connectivity index (χ0v) is 18.9. The van der Waals surface area contributed by atoms with Gasteiger partial charge in [0.2, 0.25) is 0 Å². The molecule has 0 bridgehead atoms. The van der Waals surface area contributed by atoms with Crippen molar-refractivity contribution in [3.8, 4) is 11.8 Å². The summed E-state index contributed by atoms with van der Waals surface area (Å²) in [5.74, 6) is 5.89. The van der Waals surface area contributed by atoms with Crippen LogP contribution in [0.1, 0.15) is 53.6 Å². The Kier molecular flexibility index (Phi) is 7.03. The van der Waals surface area contributed by atoms with E-state index in [4.69, 9.17) is 0 Å². The summed E-state index contributed by atoms with van der Waals surface area (Å²) in [6.45, 7) is 4.34. The topological polar surface area (TPSA) is 0 Å². The van der Waals surface area contributed by atoms with Gasteiger partial charge in [0.1, 0.15) is 5.82 Å². The highest BCUT2D eigenvalue weighted by Gasteiger charge is 2.07. The third-order valence-corrected chi connectivity index (χ3v) is 5.99. The first-order valence-corrected chi connectivity index (χ1v) is 11.6. The van der Waals surface area contributed by atoms with E-state index in [1.54, 1.807) is 6.07 Å². The second kappa shape index (κ2) is 10.3. The van der Waals surface area contributed by atoms with Crippen molar-refractivity contribution in [2.45, 2.75) is 46.0 Å². The molecule has 0 saturated carbocycles. The number of benzene rings is 4. The van der Waals surface area contributed by atoms with E-state index in [-0.39, 0.29) is 5.82 Å². The molecular formula is C31H29F. The van der Waals surface area contributed by atoms with Gasteiger partial charge in [-0.2, -0.15) is 0 Å². The minimum absolute atomic E-state index is 0.237. The Morgan fingerprint density at radius 2 is 1.25 bits per heavy atom. The lowest BCUT2D eigenvalue weighted by Gasteiger charge is -2.07. The predicted octanol–water partition coefficient (Wildman–Crippen LogP) is 7.68. The average Bonchev–Trinajstić information content (AvgIpc) is 2.84. The third kappa shape index (κ3) is 5.27. The Hall–Kier alpha value is -3.37. The molecule has 0 N–H and O–H groups in total. The Balaban J connectivity index is 1.49. The summed E-state index contributed by atoms with van der Waals surface area (Å²) in [6, 6.07) is 26.9. The zero-order chi connectivity index (χ0) is 22.3. The molecule has 4 aromatic rings. The molecule has 0 atom stereocenters. The van der Waals surface area contributed by atoms with E-state index in [2.05, 4.69) is 68.2 Å². The Morgan fingerprint density at radius 1 is 0.625 bits per heavy atom. The highest BCUT2D eigenvalue weighted by atomic mass is 19.1. The smallest absolute Gasteiger partial charge is 0.146 e. The second-order valence-corrected chi connectivity index (χ2v) is 8.35. The van der Waals surface area contributed by atoms with Gasteiger partial charge in [-0.15, -0.1) is 0 Å². The SMILES string of the molecule is CCCc1ccc(C#Cc2ccc3cc(CCc4ccc(CC)cc4)ccc3c2F)cc1. The van der Waals surface area contributed by atoms with Crippen molar-refractivity contribution < 1.29 is 4.39 Å². The molecule has 4 rings (SSSR count). The molecule has 0 aliphatic carbocycles. The van der Waals surface area contributed by atoms with Crippen LogP contribution in [0.15, 0.2) is 78.9 Å². The van der Waals surface area contributed by atoms with Crippen LogP contribution in [0.25, 0.3) is 10.8 Å². The van der Waals surface area contributed by atoms with Crippen LogP contribution < -0.4 is 0 Å². The fraction of sp³-hybridized carbons (Fsp3) is 0.226. The fourth-order valence-corrected chi connectivity index (χ4v) is 4.01. The lowest BCUT2D eigenvalue weighted by atomic mass is 9.99. The van der Waals surface area contributed by atoms with Crippen LogP contribution >= 0.6 is 0 Å². The lowest BCUT2D eigenvalue weighted by molar-refractivity contribution is 0.636. The predicted molar refractivity (Wildman–Crippen MR) is 134 cm³/mol. The number of fused-ring (bicyclic) bond motifs is 1. The van der Waals surface area contributed by atoms with Gasteiger partial charge in [0, 0.05) is 10.9 Å². The summed E-state index contributed by atoms with van der Waals surface area (Å²) in [4.78, 5) is 0. The number of hydrogen-bond donors (Lipinski definition) is 0. The number of aryl methyl sites for hydroxylation is 4. The van der Waals surface area contributed by atoms with Crippen molar-refractivity contribution in [1.29, 1.82) is 0 Å². The molecular weight excluding hydrogens is 391 g/mol. The molecule has 0 unspecified atom stereocenters. The van der Waals surface area contributed by atoms with Crippen molar-refractivity contribution in [3.05, 3.63) is 118 Å². The number of halogens is 1. The number of hydrogen-bond acceptors (Lipinski definition) is 0. The maximum atomic E-state index is 15.1. The van der Waals surface area contributed by atoms with E-state index in [0.29, 0.717) is 10.9 Å². The second-order valence-electron chi connectivity index (χ2n) is 8.35. The summed E-state index contributed by atoms with van der Waals surface area (Å²) in [6.07, 6.45) is 5.19. The monoisotopic (exact) mass is 420 g/mol. The van der Waals surface area contributed by atoms with Crippen LogP contribution in [-0.4, -0.2) is 0 Å².